The lowest BCUT2D eigenvalue weighted by Gasteiger charge is -2.18. The zero-order valence-electron chi connectivity index (χ0n) is 8.21. The van der Waals surface area contributed by atoms with E-state index in [-0.39, 0.29) is 6.10 Å². The Hall–Kier alpha value is -0.300. The quantitative estimate of drug-likeness (QED) is 0.626. The molecule has 0 radical (unpaired) electrons. The van der Waals surface area contributed by atoms with E-state index >= 15 is 0 Å². The Kier molecular flexibility index (Phi) is 3.33. The molecule has 0 aromatic heterocycles. The van der Waals surface area contributed by atoms with Crippen LogP contribution in [0.4, 0.5) is 0 Å². The molecule has 1 saturated carbocycles. The molecule has 0 heterocycles. The number of aliphatic hydroxyl groups excluding tert-OH is 1. The number of aliphatic hydroxyl groups is 1. The van der Waals surface area contributed by atoms with Gasteiger partial charge < -0.3 is 5.11 Å². The first-order chi connectivity index (χ1) is 5.65. The van der Waals surface area contributed by atoms with Crippen LogP contribution in [0.1, 0.15) is 39.5 Å². The molecule has 1 N–H and O–H groups in total. The van der Waals surface area contributed by atoms with Gasteiger partial charge in [-0.3, -0.25) is 0 Å². The van der Waals surface area contributed by atoms with E-state index in [1.807, 2.05) is 0 Å². The molecule has 1 fully saturated rings. The van der Waals surface area contributed by atoms with Crippen LogP contribution in [-0.2, 0) is 0 Å². The summed E-state index contributed by atoms with van der Waals surface area (Å²) in [4.78, 5) is 0. The number of rotatable bonds is 5. The molecule has 1 aliphatic rings. The van der Waals surface area contributed by atoms with E-state index in [4.69, 9.17) is 0 Å². The molecule has 0 aliphatic heterocycles. The maximum absolute atomic E-state index is 9.77. The van der Waals surface area contributed by atoms with Gasteiger partial charge in [0.15, 0.2) is 0 Å². The van der Waals surface area contributed by atoms with Crippen molar-refractivity contribution in [1.82, 2.24) is 0 Å². The van der Waals surface area contributed by atoms with Crippen molar-refractivity contribution >= 4 is 0 Å². The van der Waals surface area contributed by atoms with Gasteiger partial charge in [0.1, 0.15) is 0 Å². The normalized spacial score (nSPS) is 21.9. The largest absolute Gasteiger partial charge is 0.393 e. The summed E-state index contributed by atoms with van der Waals surface area (Å²) >= 11 is 0. The molecule has 0 aromatic carbocycles. The summed E-state index contributed by atoms with van der Waals surface area (Å²) in [5, 5.41) is 9.77. The maximum atomic E-state index is 9.77. The van der Waals surface area contributed by atoms with Gasteiger partial charge in [0, 0.05) is 0 Å². The van der Waals surface area contributed by atoms with Gasteiger partial charge in [-0.05, 0) is 37.5 Å². The summed E-state index contributed by atoms with van der Waals surface area (Å²) in [6.07, 6.45) is 4.28. The second kappa shape index (κ2) is 4.08. The molecule has 0 saturated heterocycles. The molecule has 1 heteroatoms. The van der Waals surface area contributed by atoms with E-state index in [0.29, 0.717) is 5.92 Å². The Morgan fingerprint density at radius 2 is 2.17 bits per heavy atom. The lowest BCUT2D eigenvalue weighted by Crippen LogP contribution is -2.19. The summed E-state index contributed by atoms with van der Waals surface area (Å²) in [6, 6.07) is 0. The first-order valence-corrected chi connectivity index (χ1v) is 4.99. The van der Waals surface area contributed by atoms with Crippen LogP contribution in [-0.4, -0.2) is 11.2 Å². The molecule has 2 atom stereocenters. The summed E-state index contributed by atoms with van der Waals surface area (Å²) in [7, 11) is 0. The molecule has 0 spiro atoms. The highest BCUT2D eigenvalue weighted by Gasteiger charge is 2.32. The second-order valence-electron chi connectivity index (χ2n) is 4.07. The van der Waals surface area contributed by atoms with Crippen molar-refractivity contribution in [3.63, 3.8) is 0 Å². The van der Waals surface area contributed by atoms with Crippen LogP contribution < -0.4 is 0 Å². The SMILES string of the molecule is C=C(CC)CC(O)C(C)C1CC1. The highest BCUT2D eigenvalue weighted by atomic mass is 16.3. The minimum atomic E-state index is -0.148. The zero-order valence-corrected chi connectivity index (χ0v) is 8.21. The average molecular weight is 168 g/mol. The molecular formula is C11H20O. The predicted octanol–water partition coefficient (Wildman–Crippen LogP) is 2.75. The van der Waals surface area contributed by atoms with Gasteiger partial charge in [-0.15, -0.1) is 0 Å². The van der Waals surface area contributed by atoms with Crippen molar-refractivity contribution in [2.75, 3.05) is 0 Å². The summed E-state index contributed by atoms with van der Waals surface area (Å²) in [6.45, 7) is 8.17. The van der Waals surface area contributed by atoms with Gasteiger partial charge in [0.2, 0.25) is 0 Å². The monoisotopic (exact) mass is 168 g/mol. The van der Waals surface area contributed by atoms with E-state index < -0.39 is 0 Å². The van der Waals surface area contributed by atoms with Crippen LogP contribution in [0.15, 0.2) is 12.2 Å². The third-order valence-electron chi connectivity index (χ3n) is 2.97. The van der Waals surface area contributed by atoms with Gasteiger partial charge in [-0.2, -0.15) is 0 Å². The Balaban J connectivity index is 2.25. The average Bonchev–Trinajstić information content (AvgIpc) is 2.85. The molecule has 1 aliphatic carbocycles. The van der Waals surface area contributed by atoms with Crippen LogP contribution in [0.2, 0.25) is 0 Å². The first-order valence-electron chi connectivity index (χ1n) is 4.99. The summed E-state index contributed by atoms with van der Waals surface area (Å²) in [5.74, 6) is 1.28. The van der Waals surface area contributed by atoms with Gasteiger partial charge in [-0.25, -0.2) is 0 Å². The Bertz CT molecular complexity index is 158. The van der Waals surface area contributed by atoms with E-state index in [0.717, 1.165) is 18.8 Å². The fourth-order valence-electron chi connectivity index (χ4n) is 1.56. The Labute approximate surface area is 75.5 Å². The lowest BCUT2D eigenvalue weighted by atomic mass is 9.93. The Morgan fingerprint density at radius 1 is 1.58 bits per heavy atom. The van der Waals surface area contributed by atoms with E-state index in [1.165, 1.54) is 18.4 Å². The van der Waals surface area contributed by atoms with Crippen molar-refractivity contribution in [2.45, 2.75) is 45.6 Å². The maximum Gasteiger partial charge on any atom is 0.0605 e. The van der Waals surface area contributed by atoms with Crippen LogP contribution in [0, 0.1) is 11.8 Å². The van der Waals surface area contributed by atoms with Crippen LogP contribution in [0.3, 0.4) is 0 Å². The third-order valence-corrected chi connectivity index (χ3v) is 2.97. The fourth-order valence-corrected chi connectivity index (χ4v) is 1.56. The molecule has 0 aromatic rings. The van der Waals surface area contributed by atoms with Gasteiger partial charge in [0.25, 0.3) is 0 Å². The molecule has 2 unspecified atom stereocenters. The van der Waals surface area contributed by atoms with Crippen molar-refractivity contribution in [2.24, 2.45) is 11.8 Å². The minimum absolute atomic E-state index is 0.148. The van der Waals surface area contributed by atoms with Crippen molar-refractivity contribution in [3.05, 3.63) is 12.2 Å². The van der Waals surface area contributed by atoms with Crippen LogP contribution in [0.25, 0.3) is 0 Å². The second-order valence-corrected chi connectivity index (χ2v) is 4.07. The molecule has 1 nitrogen and oxygen atoms in total. The van der Waals surface area contributed by atoms with E-state index in [2.05, 4.69) is 20.4 Å². The molecule has 70 valence electrons. The molecule has 1 rings (SSSR count). The van der Waals surface area contributed by atoms with Crippen molar-refractivity contribution < 1.29 is 5.11 Å². The van der Waals surface area contributed by atoms with E-state index in [1.54, 1.807) is 0 Å². The summed E-state index contributed by atoms with van der Waals surface area (Å²) < 4.78 is 0. The van der Waals surface area contributed by atoms with Gasteiger partial charge in [0.05, 0.1) is 6.10 Å². The lowest BCUT2D eigenvalue weighted by molar-refractivity contribution is 0.105. The van der Waals surface area contributed by atoms with Gasteiger partial charge >= 0.3 is 0 Å². The fraction of sp³-hybridized carbons (Fsp3) is 0.818. The minimum Gasteiger partial charge on any atom is -0.393 e. The Morgan fingerprint density at radius 3 is 2.58 bits per heavy atom. The summed E-state index contributed by atoms with van der Waals surface area (Å²) in [5.41, 5.74) is 1.18. The smallest absolute Gasteiger partial charge is 0.0605 e. The first kappa shape index (κ1) is 9.79. The van der Waals surface area contributed by atoms with E-state index in [9.17, 15) is 5.11 Å². The van der Waals surface area contributed by atoms with Crippen molar-refractivity contribution in [3.8, 4) is 0 Å². The van der Waals surface area contributed by atoms with Crippen molar-refractivity contribution in [1.29, 1.82) is 0 Å². The highest BCUT2D eigenvalue weighted by molar-refractivity contribution is 4.97. The number of hydrogen-bond acceptors (Lipinski definition) is 1. The molecule has 0 amide bonds. The molecule has 0 bridgehead atoms. The topological polar surface area (TPSA) is 20.2 Å². The molecular weight excluding hydrogens is 148 g/mol. The van der Waals surface area contributed by atoms with Gasteiger partial charge in [-0.1, -0.05) is 26.0 Å². The predicted molar refractivity (Wildman–Crippen MR) is 51.9 cm³/mol. The highest BCUT2D eigenvalue weighted by Crippen LogP contribution is 2.39. The molecule has 12 heavy (non-hydrogen) atoms. The van der Waals surface area contributed by atoms with Crippen LogP contribution >= 0.6 is 0 Å². The number of hydrogen-bond donors (Lipinski definition) is 1. The third kappa shape index (κ3) is 2.63. The van der Waals surface area contributed by atoms with Crippen LogP contribution in [0.5, 0.6) is 0 Å². The zero-order chi connectivity index (χ0) is 9.14. The standard InChI is InChI=1S/C11H20O/c1-4-8(2)7-11(12)9(3)10-5-6-10/h9-12H,2,4-7H2,1,3H3.